The average molecular weight is 204 g/mol. The second-order valence-electron chi connectivity index (χ2n) is 3.05. The maximum Gasteiger partial charge on any atom is 0.137 e. The Morgan fingerprint density at radius 1 is 1.13 bits per heavy atom. The summed E-state index contributed by atoms with van der Waals surface area (Å²) in [7, 11) is 0. The first-order valence-corrected chi connectivity index (χ1v) is 4.78. The average Bonchev–Trinajstić information content (AvgIpc) is 2.80. The van der Waals surface area contributed by atoms with Crippen molar-refractivity contribution in [1.29, 1.82) is 0 Å². The number of ether oxygens (including phenoxy) is 1. The lowest BCUT2D eigenvalue weighted by molar-refractivity contribution is 0.201. The molecule has 15 heavy (non-hydrogen) atoms. The summed E-state index contributed by atoms with van der Waals surface area (Å²) >= 11 is 0. The predicted molar refractivity (Wildman–Crippen MR) is 56.7 cm³/mol. The molecule has 0 aliphatic rings. The van der Waals surface area contributed by atoms with Crippen LogP contribution in [0.4, 0.5) is 0 Å². The summed E-state index contributed by atoms with van der Waals surface area (Å²) in [5, 5.41) is 8.70. The summed E-state index contributed by atoms with van der Waals surface area (Å²) in [6.07, 6.45) is 1.62. The van der Waals surface area contributed by atoms with Crippen molar-refractivity contribution in [1.82, 2.24) is 0 Å². The standard InChI is InChI=1S/C12H12O3/c13-7-9-15-11-5-2-1-4-10(11)12-6-3-8-14-12/h1-6,8,13H,7,9H2. The minimum Gasteiger partial charge on any atom is -0.490 e. The van der Waals surface area contributed by atoms with Crippen molar-refractivity contribution in [2.24, 2.45) is 0 Å². The second-order valence-corrected chi connectivity index (χ2v) is 3.05. The van der Waals surface area contributed by atoms with Gasteiger partial charge in [0, 0.05) is 0 Å². The number of aliphatic hydroxyl groups excluding tert-OH is 1. The van der Waals surface area contributed by atoms with Crippen molar-refractivity contribution < 1.29 is 14.3 Å². The van der Waals surface area contributed by atoms with Crippen LogP contribution in [0.5, 0.6) is 5.75 Å². The molecule has 0 saturated carbocycles. The maximum atomic E-state index is 8.70. The lowest BCUT2D eigenvalue weighted by Gasteiger charge is -2.08. The fraction of sp³-hybridized carbons (Fsp3) is 0.167. The van der Waals surface area contributed by atoms with Crippen LogP contribution in [-0.2, 0) is 0 Å². The molecule has 0 unspecified atom stereocenters. The molecule has 1 aromatic heterocycles. The Kier molecular flexibility index (Phi) is 3.05. The van der Waals surface area contributed by atoms with Crippen molar-refractivity contribution in [2.75, 3.05) is 13.2 Å². The fourth-order valence-electron chi connectivity index (χ4n) is 1.38. The highest BCUT2D eigenvalue weighted by molar-refractivity contribution is 5.65. The third-order valence-electron chi connectivity index (χ3n) is 2.02. The second kappa shape index (κ2) is 4.66. The Labute approximate surface area is 87.9 Å². The third-order valence-corrected chi connectivity index (χ3v) is 2.02. The van der Waals surface area contributed by atoms with Gasteiger partial charge in [-0.05, 0) is 24.3 Å². The summed E-state index contributed by atoms with van der Waals surface area (Å²) in [5.41, 5.74) is 0.899. The SMILES string of the molecule is OCCOc1ccccc1-c1ccco1. The lowest BCUT2D eigenvalue weighted by Crippen LogP contribution is -2.02. The highest BCUT2D eigenvalue weighted by Crippen LogP contribution is 2.29. The Balaban J connectivity index is 2.30. The topological polar surface area (TPSA) is 42.6 Å². The number of rotatable bonds is 4. The number of hydrogen-bond acceptors (Lipinski definition) is 3. The molecule has 2 aromatic rings. The van der Waals surface area contributed by atoms with E-state index in [0.717, 1.165) is 17.1 Å². The van der Waals surface area contributed by atoms with E-state index < -0.39 is 0 Å². The first kappa shape index (κ1) is 9.80. The van der Waals surface area contributed by atoms with Crippen molar-refractivity contribution in [3.05, 3.63) is 42.7 Å². The first-order valence-electron chi connectivity index (χ1n) is 4.78. The normalized spacial score (nSPS) is 10.2. The Morgan fingerprint density at radius 3 is 2.73 bits per heavy atom. The molecule has 0 atom stereocenters. The molecule has 2 rings (SSSR count). The molecule has 78 valence electrons. The van der Waals surface area contributed by atoms with E-state index in [1.54, 1.807) is 6.26 Å². The van der Waals surface area contributed by atoms with Gasteiger partial charge >= 0.3 is 0 Å². The summed E-state index contributed by atoms with van der Waals surface area (Å²) in [6.45, 7) is 0.296. The molecule has 3 nitrogen and oxygen atoms in total. The van der Waals surface area contributed by atoms with Crippen LogP contribution in [-0.4, -0.2) is 18.3 Å². The van der Waals surface area contributed by atoms with E-state index in [-0.39, 0.29) is 13.2 Å². The molecule has 0 saturated heterocycles. The highest BCUT2D eigenvalue weighted by Gasteiger charge is 2.07. The van der Waals surface area contributed by atoms with E-state index in [9.17, 15) is 0 Å². The van der Waals surface area contributed by atoms with E-state index in [1.807, 2.05) is 36.4 Å². The zero-order valence-electron chi connectivity index (χ0n) is 8.22. The van der Waals surface area contributed by atoms with Crippen molar-refractivity contribution in [3.8, 4) is 17.1 Å². The van der Waals surface area contributed by atoms with Crippen LogP contribution in [0.25, 0.3) is 11.3 Å². The third kappa shape index (κ3) is 2.19. The van der Waals surface area contributed by atoms with E-state index in [2.05, 4.69) is 0 Å². The predicted octanol–water partition coefficient (Wildman–Crippen LogP) is 2.32. The Morgan fingerprint density at radius 2 is 2.00 bits per heavy atom. The van der Waals surface area contributed by atoms with Crippen LogP contribution in [0.3, 0.4) is 0 Å². The minimum absolute atomic E-state index is 0.00644. The van der Waals surface area contributed by atoms with Gasteiger partial charge in [-0.2, -0.15) is 0 Å². The Hall–Kier alpha value is -1.74. The largest absolute Gasteiger partial charge is 0.490 e. The molecule has 0 aliphatic carbocycles. The van der Waals surface area contributed by atoms with Gasteiger partial charge in [0.15, 0.2) is 0 Å². The minimum atomic E-state index is 0.00644. The summed E-state index contributed by atoms with van der Waals surface area (Å²) in [5.74, 6) is 1.49. The van der Waals surface area contributed by atoms with E-state index in [1.165, 1.54) is 0 Å². The zero-order chi connectivity index (χ0) is 10.5. The van der Waals surface area contributed by atoms with Crippen LogP contribution in [0, 0.1) is 0 Å². The van der Waals surface area contributed by atoms with Gasteiger partial charge in [-0.1, -0.05) is 12.1 Å². The van der Waals surface area contributed by atoms with Gasteiger partial charge in [0.25, 0.3) is 0 Å². The quantitative estimate of drug-likeness (QED) is 0.831. The summed E-state index contributed by atoms with van der Waals surface area (Å²) < 4.78 is 10.7. The van der Waals surface area contributed by atoms with Gasteiger partial charge in [0.1, 0.15) is 18.1 Å². The summed E-state index contributed by atoms with van der Waals surface area (Å²) in [6, 6.07) is 11.3. The van der Waals surface area contributed by atoms with Crippen molar-refractivity contribution in [2.45, 2.75) is 0 Å². The van der Waals surface area contributed by atoms with E-state index in [0.29, 0.717) is 0 Å². The van der Waals surface area contributed by atoms with Crippen LogP contribution >= 0.6 is 0 Å². The molecule has 0 bridgehead atoms. The number of benzene rings is 1. The van der Waals surface area contributed by atoms with E-state index >= 15 is 0 Å². The highest BCUT2D eigenvalue weighted by atomic mass is 16.5. The van der Waals surface area contributed by atoms with Gasteiger partial charge in [-0.15, -0.1) is 0 Å². The zero-order valence-corrected chi connectivity index (χ0v) is 8.22. The summed E-state index contributed by atoms with van der Waals surface area (Å²) in [4.78, 5) is 0. The number of para-hydroxylation sites is 1. The fourth-order valence-corrected chi connectivity index (χ4v) is 1.38. The molecule has 0 aliphatic heterocycles. The molecule has 0 amide bonds. The molecule has 1 aromatic carbocycles. The van der Waals surface area contributed by atoms with Gasteiger partial charge in [-0.3, -0.25) is 0 Å². The Bertz CT molecular complexity index is 407. The van der Waals surface area contributed by atoms with Gasteiger partial charge in [0.2, 0.25) is 0 Å². The molecule has 0 radical (unpaired) electrons. The molecular weight excluding hydrogens is 192 g/mol. The first-order chi connectivity index (χ1) is 7.42. The van der Waals surface area contributed by atoms with Crippen molar-refractivity contribution >= 4 is 0 Å². The van der Waals surface area contributed by atoms with E-state index in [4.69, 9.17) is 14.3 Å². The van der Waals surface area contributed by atoms with Crippen LogP contribution in [0.15, 0.2) is 47.1 Å². The lowest BCUT2D eigenvalue weighted by atomic mass is 10.1. The maximum absolute atomic E-state index is 8.70. The monoisotopic (exact) mass is 204 g/mol. The number of hydrogen-bond donors (Lipinski definition) is 1. The van der Waals surface area contributed by atoms with Crippen LogP contribution < -0.4 is 4.74 Å². The molecule has 1 heterocycles. The van der Waals surface area contributed by atoms with Crippen molar-refractivity contribution in [3.63, 3.8) is 0 Å². The molecule has 0 spiro atoms. The van der Waals surface area contributed by atoms with Gasteiger partial charge < -0.3 is 14.3 Å². The molecule has 1 N–H and O–H groups in total. The molecule has 0 fully saturated rings. The van der Waals surface area contributed by atoms with Gasteiger partial charge in [-0.25, -0.2) is 0 Å². The van der Waals surface area contributed by atoms with Crippen LogP contribution in [0.1, 0.15) is 0 Å². The number of furan rings is 1. The number of aliphatic hydroxyl groups is 1. The molecular formula is C12H12O3. The van der Waals surface area contributed by atoms with Crippen LogP contribution in [0.2, 0.25) is 0 Å². The van der Waals surface area contributed by atoms with Gasteiger partial charge in [0.05, 0.1) is 18.4 Å². The smallest absolute Gasteiger partial charge is 0.137 e. The molecule has 3 heteroatoms.